The van der Waals surface area contributed by atoms with Crippen molar-refractivity contribution in [1.82, 2.24) is 0 Å². The van der Waals surface area contributed by atoms with Crippen LogP contribution in [0.4, 0.5) is 15.8 Å². The van der Waals surface area contributed by atoms with Gasteiger partial charge in [0.15, 0.2) is 0 Å². The minimum absolute atomic E-state index is 1.27. The van der Waals surface area contributed by atoms with E-state index in [2.05, 4.69) is 0 Å². The molecule has 0 aromatic carbocycles. The molecule has 0 aliphatic rings. The van der Waals surface area contributed by atoms with Gasteiger partial charge in [-0.15, -0.1) is 9.73 Å². The van der Waals surface area contributed by atoms with Crippen LogP contribution in [0.5, 0.6) is 0 Å². The number of hydrogen-bond acceptors (Lipinski definition) is 1. The van der Waals surface area contributed by atoms with E-state index in [1.54, 1.807) is 0 Å². The SMILES string of the molecule is CS(C)(=[N-])=O.[F][W]([F])([F])([F])[F]. The average molecular weight is 371 g/mol. The summed E-state index contributed by atoms with van der Waals surface area (Å²) in [6, 6.07) is 0. The van der Waals surface area contributed by atoms with Gasteiger partial charge in [0.1, 0.15) is 0 Å². The van der Waals surface area contributed by atoms with Crippen molar-refractivity contribution < 1.29 is 37.4 Å². The Kier molecular flexibility index (Phi) is 4.21. The zero-order chi connectivity index (χ0) is 9.95. The molecule has 0 saturated carbocycles. The van der Waals surface area contributed by atoms with E-state index in [9.17, 15) is 20.0 Å². The zero-order valence-electron chi connectivity index (χ0n) is 5.56. The summed E-state index contributed by atoms with van der Waals surface area (Å²) in [4.78, 5) is 0. The van der Waals surface area contributed by atoms with Crippen LogP contribution in [0.15, 0.2) is 0 Å². The number of halogens is 5. The van der Waals surface area contributed by atoms with Gasteiger partial charge in [0.2, 0.25) is 0 Å². The van der Waals surface area contributed by atoms with E-state index in [0.29, 0.717) is 0 Å². The van der Waals surface area contributed by atoms with E-state index >= 15 is 0 Å². The van der Waals surface area contributed by atoms with E-state index in [1.165, 1.54) is 12.5 Å². The molecule has 9 heteroatoms. The third kappa shape index (κ3) is 8500. The summed E-state index contributed by atoms with van der Waals surface area (Å²) >= 11 is -9.25. The first-order valence-corrected chi connectivity index (χ1v) is 9.81. The molecule has 73 valence electrons. The maximum atomic E-state index is 9.92. The van der Waals surface area contributed by atoms with Gasteiger partial charge in [-0.05, 0) is 12.5 Å². The quantitative estimate of drug-likeness (QED) is 0.603. The van der Waals surface area contributed by atoms with Crippen LogP contribution >= 0.6 is 0 Å². The molecule has 0 radical (unpaired) electrons. The fraction of sp³-hybridized carbons (Fsp3) is 1.00. The standard InChI is InChI=1S/C2H6NOS.5FH.W/c1-5(2,3)4;;;;;;/h1-2H3;5*1H;/q-1;;;;;;+5/p-5. The molecule has 0 bridgehead atoms. The summed E-state index contributed by atoms with van der Waals surface area (Å²) in [5.74, 6) is 0. The Labute approximate surface area is 64.8 Å². The van der Waals surface area contributed by atoms with Crippen LogP contribution < -0.4 is 0 Å². The molecule has 11 heavy (non-hydrogen) atoms. The molecule has 0 unspecified atom stereocenters. The van der Waals surface area contributed by atoms with Gasteiger partial charge in [-0.1, -0.05) is 0 Å². The van der Waals surface area contributed by atoms with Crippen molar-refractivity contribution in [3.63, 3.8) is 0 Å². The monoisotopic (exact) mass is 371 g/mol. The second kappa shape index (κ2) is 3.35. The van der Waals surface area contributed by atoms with E-state index in [0.717, 1.165) is 0 Å². The predicted molar refractivity (Wildman–Crippen MR) is 28.9 cm³/mol. The van der Waals surface area contributed by atoms with Crippen LogP contribution in [0, 0.1) is 0 Å². The van der Waals surface area contributed by atoms with E-state index in [1.807, 2.05) is 0 Å². The Morgan fingerprint density at radius 3 is 1.09 bits per heavy atom. The maximum absolute atomic E-state index is 9.92. The van der Waals surface area contributed by atoms with Crippen molar-refractivity contribution in [3.8, 4) is 0 Å². The van der Waals surface area contributed by atoms with Crippen LogP contribution in [0.3, 0.4) is 0 Å². The van der Waals surface area contributed by atoms with Gasteiger partial charge in [-0.3, -0.25) is 4.21 Å². The molecule has 0 saturated heterocycles. The Morgan fingerprint density at radius 2 is 1.09 bits per heavy atom. The summed E-state index contributed by atoms with van der Waals surface area (Å²) in [5.41, 5.74) is 0. The van der Waals surface area contributed by atoms with Crippen LogP contribution in [-0.2, 0) is 27.2 Å². The van der Waals surface area contributed by atoms with Crippen molar-refractivity contribution in [2.45, 2.75) is 0 Å². The number of rotatable bonds is 0. The Hall–Kier alpha value is 0.288. The van der Waals surface area contributed by atoms with Crippen LogP contribution in [0.1, 0.15) is 0 Å². The Morgan fingerprint density at radius 1 is 1.09 bits per heavy atom. The first kappa shape index (κ1) is 13.8. The summed E-state index contributed by atoms with van der Waals surface area (Å²) in [6.45, 7) is 0. The molecule has 0 N–H and O–H groups in total. The van der Waals surface area contributed by atoms with Gasteiger partial charge >= 0.3 is 33.2 Å². The average Bonchev–Trinajstić information content (AvgIpc) is 1.07. The van der Waals surface area contributed by atoms with E-state index in [-0.39, 0.29) is 0 Å². The predicted octanol–water partition coefficient (Wildman–Crippen LogP) is 2.38. The minimum atomic E-state index is -9.25. The second-order valence-corrected chi connectivity index (χ2v) is 8.32. The zero-order valence-corrected chi connectivity index (χ0v) is 9.31. The van der Waals surface area contributed by atoms with Gasteiger partial charge in [0.25, 0.3) is 0 Å². The first-order chi connectivity index (χ1) is 4.24. The molecule has 0 spiro atoms. The van der Waals surface area contributed by atoms with Crippen molar-refractivity contribution in [1.29, 1.82) is 0 Å². The van der Waals surface area contributed by atoms with Crippen molar-refractivity contribution in [2.24, 2.45) is 0 Å². The molecule has 0 aromatic rings. The molecule has 0 fully saturated rings. The Balaban J connectivity index is 0. The van der Waals surface area contributed by atoms with Gasteiger partial charge < -0.3 is 4.78 Å². The third-order valence-electron chi connectivity index (χ3n) is 0. The summed E-state index contributed by atoms with van der Waals surface area (Å²) < 4.78 is 67.4. The van der Waals surface area contributed by atoms with Crippen molar-refractivity contribution in [2.75, 3.05) is 12.5 Å². The van der Waals surface area contributed by atoms with Crippen LogP contribution in [0.25, 0.3) is 4.78 Å². The summed E-state index contributed by atoms with van der Waals surface area (Å²) in [5, 5.41) is 0. The number of hydrogen-bond donors (Lipinski definition) is 0. The van der Waals surface area contributed by atoms with Crippen molar-refractivity contribution >= 4 is 9.73 Å². The topological polar surface area (TPSA) is 39.4 Å². The van der Waals surface area contributed by atoms with E-state index in [4.69, 9.17) is 4.78 Å². The summed E-state index contributed by atoms with van der Waals surface area (Å²) in [6.07, 6.45) is 2.54. The fourth-order valence-electron chi connectivity index (χ4n) is 0. The van der Waals surface area contributed by atoms with Crippen LogP contribution in [-0.4, -0.2) is 16.7 Å². The first-order valence-electron chi connectivity index (χ1n) is 1.94. The molecule has 0 aliphatic carbocycles. The van der Waals surface area contributed by atoms with E-state index < -0.39 is 27.2 Å². The van der Waals surface area contributed by atoms with Gasteiger partial charge in [-0.25, -0.2) is 0 Å². The molecular formula is C2H6F5NOSW-. The molecule has 0 heterocycles. The third-order valence-corrected chi connectivity index (χ3v) is 0. The van der Waals surface area contributed by atoms with Gasteiger partial charge in [0.05, 0.1) is 0 Å². The van der Waals surface area contributed by atoms with Crippen molar-refractivity contribution in [3.05, 3.63) is 4.78 Å². The normalized spacial score (nSPS) is 15.7. The number of nitrogens with zero attached hydrogens (tertiary/aromatic N) is 1. The molecule has 0 aliphatic heterocycles. The molecular weight excluding hydrogens is 365 g/mol. The Bertz CT molecular complexity index is 189. The second-order valence-electron chi connectivity index (χ2n) is 1.76. The van der Waals surface area contributed by atoms with Gasteiger partial charge in [-0.2, -0.15) is 0 Å². The van der Waals surface area contributed by atoms with Gasteiger partial charge in [0, 0.05) is 0 Å². The van der Waals surface area contributed by atoms with Crippen LogP contribution in [0.2, 0.25) is 0 Å². The fourth-order valence-corrected chi connectivity index (χ4v) is 0. The molecule has 2 nitrogen and oxygen atoms in total. The molecule has 0 amide bonds. The molecule has 0 atom stereocenters. The molecule has 0 aromatic heterocycles. The summed E-state index contributed by atoms with van der Waals surface area (Å²) in [7, 11) is -2.42. The molecule has 0 rings (SSSR count).